The molecule has 6 nitrogen and oxygen atoms in total. The molecule has 36 heavy (non-hydrogen) atoms. The van der Waals surface area contributed by atoms with Gasteiger partial charge in [0.2, 0.25) is 0 Å². The fourth-order valence-electron chi connectivity index (χ4n) is 5.80. The molecule has 1 N–H and O–H groups in total. The SMILES string of the molecule is CCCN(CCCC(=O)O)C1c2ccccc2N(C(=O)c2ccc(OC(F)(F)F)cc2)C2CCCC12. The van der Waals surface area contributed by atoms with Crippen LogP contribution < -0.4 is 9.64 Å². The van der Waals surface area contributed by atoms with Crippen LogP contribution in [0.25, 0.3) is 0 Å². The Hall–Kier alpha value is -3.07. The third-order valence-corrected chi connectivity index (χ3v) is 7.08. The predicted octanol–water partition coefficient (Wildman–Crippen LogP) is 6.03. The number of carbonyl (C=O) groups excluding carboxylic acids is 1. The van der Waals surface area contributed by atoms with Crippen LogP contribution in [-0.4, -0.2) is 47.4 Å². The zero-order chi connectivity index (χ0) is 25.9. The van der Waals surface area contributed by atoms with Crippen molar-refractivity contribution in [3.05, 3.63) is 59.7 Å². The van der Waals surface area contributed by atoms with Crippen molar-refractivity contribution in [2.24, 2.45) is 5.92 Å². The second-order valence-corrected chi connectivity index (χ2v) is 9.45. The highest BCUT2D eigenvalue weighted by Crippen LogP contribution is 2.50. The molecule has 9 heteroatoms. The molecule has 0 spiro atoms. The molecule has 2 aromatic carbocycles. The summed E-state index contributed by atoms with van der Waals surface area (Å²) in [6.45, 7) is 3.60. The number of benzene rings is 2. The first-order valence-corrected chi connectivity index (χ1v) is 12.4. The fraction of sp³-hybridized carbons (Fsp3) is 0.481. The first-order valence-electron chi connectivity index (χ1n) is 12.4. The number of aliphatic carboxylic acids is 1. The Morgan fingerprint density at radius 1 is 1.08 bits per heavy atom. The quantitative estimate of drug-likeness (QED) is 0.451. The van der Waals surface area contributed by atoms with Gasteiger partial charge in [-0.3, -0.25) is 14.5 Å². The van der Waals surface area contributed by atoms with Crippen molar-refractivity contribution < 1.29 is 32.6 Å². The van der Waals surface area contributed by atoms with Gasteiger partial charge in [-0.2, -0.15) is 0 Å². The second kappa shape index (κ2) is 10.9. The van der Waals surface area contributed by atoms with Gasteiger partial charge in [0, 0.05) is 29.8 Å². The van der Waals surface area contributed by atoms with Gasteiger partial charge in [-0.15, -0.1) is 13.2 Å². The van der Waals surface area contributed by atoms with Gasteiger partial charge in [0.05, 0.1) is 0 Å². The van der Waals surface area contributed by atoms with Crippen LogP contribution in [0.2, 0.25) is 0 Å². The molecular weight excluding hydrogens is 473 g/mol. The Kier molecular flexibility index (Phi) is 7.88. The molecule has 1 aliphatic carbocycles. The van der Waals surface area contributed by atoms with Crippen LogP contribution in [0.15, 0.2) is 48.5 Å². The van der Waals surface area contributed by atoms with E-state index in [2.05, 4.69) is 16.6 Å². The van der Waals surface area contributed by atoms with E-state index in [9.17, 15) is 22.8 Å². The minimum Gasteiger partial charge on any atom is -0.481 e. The zero-order valence-electron chi connectivity index (χ0n) is 20.2. The van der Waals surface area contributed by atoms with Gasteiger partial charge in [0.15, 0.2) is 0 Å². The van der Waals surface area contributed by atoms with Gasteiger partial charge in [-0.25, -0.2) is 0 Å². The highest BCUT2D eigenvalue weighted by atomic mass is 19.4. The molecule has 0 bridgehead atoms. The molecule has 1 heterocycles. The maximum absolute atomic E-state index is 13.7. The van der Waals surface area contributed by atoms with Crippen molar-refractivity contribution in [3.8, 4) is 5.75 Å². The van der Waals surface area contributed by atoms with E-state index in [1.807, 2.05) is 29.2 Å². The maximum atomic E-state index is 13.7. The van der Waals surface area contributed by atoms with Crippen LogP contribution in [0.4, 0.5) is 18.9 Å². The van der Waals surface area contributed by atoms with Crippen molar-refractivity contribution in [3.63, 3.8) is 0 Å². The lowest BCUT2D eigenvalue weighted by Gasteiger charge is -2.47. The Labute approximate surface area is 208 Å². The Morgan fingerprint density at radius 3 is 2.47 bits per heavy atom. The van der Waals surface area contributed by atoms with Crippen LogP contribution in [0, 0.1) is 5.92 Å². The molecule has 0 radical (unpaired) electrons. The average Bonchev–Trinajstić information content (AvgIpc) is 3.30. The number of hydrogen-bond donors (Lipinski definition) is 1. The lowest BCUT2D eigenvalue weighted by atomic mass is 9.81. The summed E-state index contributed by atoms with van der Waals surface area (Å²) in [7, 11) is 0. The first kappa shape index (κ1) is 26.0. The fourth-order valence-corrected chi connectivity index (χ4v) is 5.80. The molecule has 1 saturated carbocycles. The zero-order valence-corrected chi connectivity index (χ0v) is 20.2. The summed E-state index contributed by atoms with van der Waals surface area (Å²) in [6.07, 6.45) is -0.439. The number of nitrogens with zero attached hydrogens (tertiary/aromatic N) is 2. The molecule has 2 aliphatic rings. The summed E-state index contributed by atoms with van der Waals surface area (Å²) < 4.78 is 41.6. The molecule has 3 atom stereocenters. The van der Waals surface area contributed by atoms with Gasteiger partial charge in [0.1, 0.15) is 5.75 Å². The monoisotopic (exact) mass is 504 g/mol. The van der Waals surface area contributed by atoms with Gasteiger partial charge in [-0.05, 0) is 80.6 Å². The van der Waals surface area contributed by atoms with E-state index in [4.69, 9.17) is 5.11 Å². The molecule has 194 valence electrons. The van der Waals surface area contributed by atoms with Gasteiger partial charge in [-0.1, -0.05) is 31.5 Å². The summed E-state index contributed by atoms with van der Waals surface area (Å²) >= 11 is 0. The number of carbonyl (C=O) groups is 2. The summed E-state index contributed by atoms with van der Waals surface area (Å²) in [6, 6.07) is 12.9. The van der Waals surface area contributed by atoms with Crippen LogP contribution in [0.5, 0.6) is 5.75 Å². The number of halogens is 3. The Morgan fingerprint density at radius 2 is 1.81 bits per heavy atom. The molecule has 3 unspecified atom stereocenters. The summed E-state index contributed by atoms with van der Waals surface area (Å²) in [5.74, 6) is -1.23. The lowest BCUT2D eigenvalue weighted by molar-refractivity contribution is -0.274. The highest BCUT2D eigenvalue weighted by molar-refractivity contribution is 6.07. The van der Waals surface area contributed by atoms with Crippen LogP contribution in [0.1, 0.15) is 67.4 Å². The topological polar surface area (TPSA) is 70.1 Å². The van der Waals surface area contributed by atoms with Gasteiger partial charge >= 0.3 is 12.3 Å². The van der Waals surface area contributed by atoms with E-state index in [0.29, 0.717) is 18.5 Å². The standard InChI is InChI=1S/C27H31F3N2O4/c1-2-16-31(17-6-11-24(33)34)25-20-7-3-4-9-22(20)32(23-10-5-8-21(23)25)26(35)18-12-14-19(15-13-18)36-27(28,29)30/h3-4,7,9,12-15,21,23,25H,2,5-6,8,10-11,16-17H2,1H3,(H,33,34). The molecule has 0 aromatic heterocycles. The first-order chi connectivity index (χ1) is 17.2. The highest BCUT2D eigenvalue weighted by Gasteiger charge is 2.47. The number of para-hydroxylation sites is 1. The molecular formula is C27H31F3N2O4. The van der Waals surface area contributed by atoms with Crippen LogP contribution in [-0.2, 0) is 4.79 Å². The van der Waals surface area contributed by atoms with E-state index in [0.717, 1.165) is 55.6 Å². The molecule has 4 rings (SSSR count). The summed E-state index contributed by atoms with van der Waals surface area (Å²) in [4.78, 5) is 29.0. The minimum absolute atomic E-state index is 0.0395. The molecule has 1 amide bonds. The number of rotatable bonds is 9. The maximum Gasteiger partial charge on any atom is 0.573 e. The Bertz CT molecular complexity index is 1070. The van der Waals surface area contributed by atoms with Crippen molar-refractivity contribution >= 4 is 17.6 Å². The number of ether oxygens (including phenoxy) is 1. The molecule has 1 fully saturated rings. The number of amides is 1. The molecule has 2 aromatic rings. The van der Waals surface area contributed by atoms with E-state index in [1.165, 1.54) is 12.1 Å². The van der Waals surface area contributed by atoms with Crippen molar-refractivity contribution in [2.45, 2.75) is 63.9 Å². The average molecular weight is 505 g/mol. The van der Waals surface area contributed by atoms with Gasteiger partial charge in [0.25, 0.3) is 5.91 Å². The number of hydrogen-bond acceptors (Lipinski definition) is 4. The Balaban J connectivity index is 1.66. The number of anilines is 1. The van der Waals surface area contributed by atoms with E-state index in [1.54, 1.807) is 0 Å². The van der Waals surface area contributed by atoms with Crippen molar-refractivity contribution in [2.75, 3.05) is 18.0 Å². The summed E-state index contributed by atoms with van der Waals surface area (Å²) in [5, 5.41) is 9.13. The van der Waals surface area contributed by atoms with Gasteiger partial charge < -0.3 is 14.7 Å². The van der Waals surface area contributed by atoms with E-state index in [-0.39, 0.29) is 36.1 Å². The van der Waals surface area contributed by atoms with Crippen molar-refractivity contribution in [1.82, 2.24) is 4.90 Å². The molecule has 1 aliphatic heterocycles. The number of fused-ring (bicyclic) bond motifs is 2. The lowest BCUT2D eigenvalue weighted by Crippen LogP contribution is -2.51. The number of alkyl halides is 3. The second-order valence-electron chi connectivity index (χ2n) is 9.45. The molecule has 0 saturated heterocycles. The van der Waals surface area contributed by atoms with E-state index < -0.39 is 12.3 Å². The minimum atomic E-state index is -4.79. The summed E-state index contributed by atoms with van der Waals surface area (Å²) in [5.41, 5.74) is 2.15. The predicted molar refractivity (Wildman–Crippen MR) is 129 cm³/mol. The third-order valence-electron chi connectivity index (χ3n) is 7.08. The van der Waals surface area contributed by atoms with E-state index >= 15 is 0 Å². The smallest absolute Gasteiger partial charge is 0.481 e. The third kappa shape index (κ3) is 5.67. The number of carboxylic acids is 1. The van der Waals surface area contributed by atoms with Crippen molar-refractivity contribution in [1.29, 1.82) is 0 Å². The normalized spacial score (nSPS) is 21.2. The number of carboxylic acid groups (broad SMARTS) is 1. The van der Waals surface area contributed by atoms with Crippen LogP contribution >= 0.6 is 0 Å². The van der Waals surface area contributed by atoms with Crippen LogP contribution in [0.3, 0.4) is 0 Å². The largest absolute Gasteiger partial charge is 0.573 e.